The molecule has 0 saturated carbocycles. The highest BCUT2D eigenvalue weighted by atomic mass is 16.5. The second-order valence-electron chi connectivity index (χ2n) is 5.54. The van der Waals surface area contributed by atoms with Gasteiger partial charge in [-0.1, -0.05) is 26.3 Å². The van der Waals surface area contributed by atoms with Crippen molar-refractivity contribution in [1.82, 2.24) is 10.2 Å². The van der Waals surface area contributed by atoms with Crippen molar-refractivity contribution < 1.29 is 9.84 Å². The number of ether oxygens (including phenoxy) is 1. The summed E-state index contributed by atoms with van der Waals surface area (Å²) in [5.74, 6) is 1.59. The minimum absolute atomic E-state index is 0.258. The van der Waals surface area contributed by atoms with Crippen molar-refractivity contribution in [3.63, 3.8) is 0 Å². The normalized spacial score (nSPS) is 19.6. The number of aromatic hydroxyl groups is 1. The van der Waals surface area contributed by atoms with Crippen molar-refractivity contribution >= 4 is 0 Å². The predicted octanol–water partition coefficient (Wildman–Crippen LogP) is 2.39. The van der Waals surface area contributed by atoms with Gasteiger partial charge in [0.05, 0.1) is 7.11 Å². The fourth-order valence-corrected chi connectivity index (χ4v) is 2.99. The summed E-state index contributed by atoms with van der Waals surface area (Å²) >= 11 is 0. The van der Waals surface area contributed by atoms with Crippen LogP contribution in [0.5, 0.6) is 11.5 Å². The van der Waals surface area contributed by atoms with Gasteiger partial charge >= 0.3 is 0 Å². The number of phenolic OH excluding ortho intramolecular Hbond substituents is 1. The van der Waals surface area contributed by atoms with E-state index < -0.39 is 0 Å². The molecule has 1 saturated heterocycles. The first-order valence-corrected chi connectivity index (χ1v) is 7.49. The quantitative estimate of drug-likeness (QED) is 0.868. The Morgan fingerprint density at radius 1 is 1.35 bits per heavy atom. The number of benzene rings is 1. The minimum Gasteiger partial charge on any atom is -0.508 e. The van der Waals surface area contributed by atoms with Gasteiger partial charge in [0.2, 0.25) is 0 Å². The molecular weight excluding hydrogens is 252 g/mol. The van der Waals surface area contributed by atoms with Crippen molar-refractivity contribution in [2.24, 2.45) is 5.92 Å². The zero-order valence-corrected chi connectivity index (χ0v) is 12.7. The van der Waals surface area contributed by atoms with Crippen LogP contribution in [0.3, 0.4) is 0 Å². The molecule has 1 aromatic carbocycles. The van der Waals surface area contributed by atoms with Gasteiger partial charge in [-0.3, -0.25) is 4.90 Å². The molecule has 2 N–H and O–H groups in total. The van der Waals surface area contributed by atoms with E-state index in [1.807, 2.05) is 6.07 Å². The number of methoxy groups -OCH3 is 1. The van der Waals surface area contributed by atoms with Crippen LogP contribution in [0.4, 0.5) is 0 Å². The van der Waals surface area contributed by atoms with Crippen molar-refractivity contribution in [3.05, 3.63) is 23.8 Å². The van der Waals surface area contributed by atoms with Crippen LogP contribution in [-0.2, 0) is 0 Å². The molecule has 1 aliphatic rings. The lowest BCUT2D eigenvalue weighted by atomic mass is 9.90. The van der Waals surface area contributed by atoms with Gasteiger partial charge in [0, 0.05) is 43.9 Å². The maximum atomic E-state index is 9.65. The molecule has 4 nitrogen and oxygen atoms in total. The molecular formula is C16H26N2O2. The highest BCUT2D eigenvalue weighted by Crippen LogP contribution is 2.37. The first-order chi connectivity index (χ1) is 9.67. The fourth-order valence-electron chi connectivity index (χ4n) is 2.99. The van der Waals surface area contributed by atoms with Crippen LogP contribution in [-0.4, -0.2) is 43.3 Å². The Morgan fingerprint density at radius 2 is 2.05 bits per heavy atom. The van der Waals surface area contributed by atoms with Crippen LogP contribution in [0, 0.1) is 5.92 Å². The maximum Gasteiger partial charge on any atom is 0.127 e. The Kier molecular flexibility index (Phi) is 5.26. The monoisotopic (exact) mass is 278 g/mol. The number of phenols is 1. The van der Waals surface area contributed by atoms with Gasteiger partial charge in [0.1, 0.15) is 11.5 Å². The summed E-state index contributed by atoms with van der Waals surface area (Å²) in [5, 5.41) is 13.1. The minimum atomic E-state index is 0.258. The molecule has 0 aromatic heterocycles. The van der Waals surface area contributed by atoms with Gasteiger partial charge in [0.25, 0.3) is 0 Å². The van der Waals surface area contributed by atoms with Crippen molar-refractivity contribution in [1.29, 1.82) is 0 Å². The summed E-state index contributed by atoms with van der Waals surface area (Å²) < 4.78 is 5.49. The van der Waals surface area contributed by atoms with Crippen LogP contribution < -0.4 is 10.1 Å². The Bertz CT molecular complexity index is 430. The Hall–Kier alpha value is -1.26. The highest BCUT2D eigenvalue weighted by molar-refractivity contribution is 5.42. The number of hydrogen-bond donors (Lipinski definition) is 2. The fraction of sp³-hybridized carbons (Fsp3) is 0.625. The SMILES string of the molecule is CCC(C)[C@H](c1ccc(O)cc1OC)N1CCNCC1. The Morgan fingerprint density at radius 3 is 2.65 bits per heavy atom. The standard InChI is InChI=1S/C16H26N2O2/c1-4-12(2)16(18-9-7-17-8-10-18)14-6-5-13(19)11-15(14)20-3/h5-6,11-12,16-17,19H,4,7-10H2,1-3H3/t12?,16-/m1/s1. The molecule has 1 aliphatic heterocycles. The number of hydrogen-bond acceptors (Lipinski definition) is 4. The van der Waals surface area contributed by atoms with Gasteiger partial charge in [0.15, 0.2) is 0 Å². The molecule has 1 heterocycles. The van der Waals surface area contributed by atoms with E-state index in [-0.39, 0.29) is 5.75 Å². The van der Waals surface area contributed by atoms with E-state index in [1.165, 1.54) is 5.56 Å². The third-order valence-corrected chi connectivity index (χ3v) is 4.26. The van der Waals surface area contributed by atoms with Gasteiger partial charge in [-0.2, -0.15) is 0 Å². The zero-order chi connectivity index (χ0) is 14.5. The van der Waals surface area contributed by atoms with Crippen LogP contribution in [0.2, 0.25) is 0 Å². The summed E-state index contributed by atoms with van der Waals surface area (Å²) in [7, 11) is 1.67. The van der Waals surface area contributed by atoms with Crippen LogP contribution in [0.1, 0.15) is 31.9 Å². The number of nitrogens with zero attached hydrogens (tertiary/aromatic N) is 1. The molecule has 0 aliphatic carbocycles. The topological polar surface area (TPSA) is 44.7 Å². The van der Waals surface area contributed by atoms with Crippen LogP contribution in [0.15, 0.2) is 18.2 Å². The van der Waals surface area contributed by atoms with E-state index in [0.29, 0.717) is 12.0 Å². The smallest absolute Gasteiger partial charge is 0.127 e. The first-order valence-electron chi connectivity index (χ1n) is 7.49. The van der Waals surface area contributed by atoms with Crippen LogP contribution >= 0.6 is 0 Å². The first kappa shape index (κ1) is 15.1. The third kappa shape index (κ3) is 3.25. The second-order valence-corrected chi connectivity index (χ2v) is 5.54. The molecule has 0 amide bonds. The highest BCUT2D eigenvalue weighted by Gasteiger charge is 2.28. The Balaban J connectivity index is 2.34. The molecule has 1 fully saturated rings. The molecule has 4 heteroatoms. The van der Waals surface area contributed by atoms with E-state index in [0.717, 1.165) is 38.3 Å². The third-order valence-electron chi connectivity index (χ3n) is 4.26. The van der Waals surface area contributed by atoms with Gasteiger partial charge in [-0.05, 0) is 12.0 Å². The van der Waals surface area contributed by atoms with Gasteiger partial charge in [-0.15, -0.1) is 0 Å². The maximum absolute atomic E-state index is 9.65. The average molecular weight is 278 g/mol. The predicted molar refractivity (Wildman–Crippen MR) is 81.3 cm³/mol. The molecule has 0 bridgehead atoms. The summed E-state index contributed by atoms with van der Waals surface area (Å²) in [5.41, 5.74) is 1.18. The Labute approximate surface area is 121 Å². The molecule has 0 spiro atoms. The van der Waals surface area contributed by atoms with E-state index in [9.17, 15) is 5.11 Å². The molecule has 1 aromatic rings. The molecule has 1 unspecified atom stereocenters. The molecule has 2 rings (SSSR count). The van der Waals surface area contributed by atoms with Crippen molar-refractivity contribution in [2.75, 3.05) is 33.3 Å². The zero-order valence-electron chi connectivity index (χ0n) is 12.7. The molecule has 20 heavy (non-hydrogen) atoms. The largest absolute Gasteiger partial charge is 0.508 e. The van der Waals surface area contributed by atoms with Crippen molar-refractivity contribution in [3.8, 4) is 11.5 Å². The summed E-state index contributed by atoms with van der Waals surface area (Å²) in [6, 6.07) is 5.83. The molecule has 2 atom stereocenters. The number of nitrogens with one attached hydrogen (secondary N) is 1. The van der Waals surface area contributed by atoms with Crippen LogP contribution in [0.25, 0.3) is 0 Å². The molecule has 112 valence electrons. The van der Waals surface area contributed by atoms with Crippen molar-refractivity contribution in [2.45, 2.75) is 26.3 Å². The van der Waals surface area contributed by atoms with Gasteiger partial charge < -0.3 is 15.2 Å². The second kappa shape index (κ2) is 6.95. The van der Waals surface area contributed by atoms with Gasteiger partial charge in [-0.25, -0.2) is 0 Å². The lowest BCUT2D eigenvalue weighted by molar-refractivity contribution is 0.126. The number of piperazine rings is 1. The summed E-state index contributed by atoms with van der Waals surface area (Å²) in [6.45, 7) is 8.70. The lowest BCUT2D eigenvalue weighted by Gasteiger charge is -2.39. The number of rotatable bonds is 5. The molecule has 0 radical (unpaired) electrons. The average Bonchev–Trinajstić information content (AvgIpc) is 2.49. The summed E-state index contributed by atoms with van der Waals surface area (Å²) in [6.07, 6.45) is 1.12. The van der Waals surface area contributed by atoms with E-state index >= 15 is 0 Å². The summed E-state index contributed by atoms with van der Waals surface area (Å²) in [4.78, 5) is 2.53. The van der Waals surface area contributed by atoms with E-state index in [1.54, 1.807) is 19.2 Å². The lowest BCUT2D eigenvalue weighted by Crippen LogP contribution is -2.46. The van der Waals surface area contributed by atoms with E-state index in [2.05, 4.69) is 24.1 Å². The van der Waals surface area contributed by atoms with E-state index in [4.69, 9.17) is 4.74 Å².